The van der Waals surface area contributed by atoms with Gasteiger partial charge >= 0.3 is 5.97 Å². The SMILES string of the molecule is CC(C)[C@H](NC(=O)[C@@H](N)Cc1c[nH]c2ccccc12)C(=O)N[C@H](C(=O)O)[C@@H](C)O. The summed E-state index contributed by atoms with van der Waals surface area (Å²) < 4.78 is 0. The van der Waals surface area contributed by atoms with E-state index in [9.17, 15) is 19.5 Å². The summed E-state index contributed by atoms with van der Waals surface area (Å²) in [4.78, 5) is 39.4. The zero-order chi connectivity index (χ0) is 21.7. The van der Waals surface area contributed by atoms with Crippen molar-refractivity contribution in [2.75, 3.05) is 0 Å². The van der Waals surface area contributed by atoms with Gasteiger partial charge < -0.3 is 31.6 Å². The first-order chi connectivity index (χ1) is 13.6. The molecule has 9 nitrogen and oxygen atoms in total. The largest absolute Gasteiger partial charge is 0.480 e. The first kappa shape index (κ1) is 22.4. The van der Waals surface area contributed by atoms with Gasteiger partial charge in [0, 0.05) is 17.1 Å². The highest BCUT2D eigenvalue weighted by Crippen LogP contribution is 2.18. The molecule has 0 unspecified atom stereocenters. The summed E-state index contributed by atoms with van der Waals surface area (Å²) in [6, 6.07) is 4.29. The monoisotopic (exact) mass is 404 g/mol. The number of nitrogens with two attached hydrogens (primary N) is 1. The van der Waals surface area contributed by atoms with Gasteiger partial charge in [0.15, 0.2) is 6.04 Å². The Balaban J connectivity index is 2.06. The Hall–Kier alpha value is -2.91. The van der Waals surface area contributed by atoms with E-state index in [1.54, 1.807) is 20.0 Å². The van der Waals surface area contributed by atoms with E-state index in [1.165, 1.54) is 6.92 Å². The second kappa shape index (κ2) is 9.53. The van der Waals surface area contributed by atoms with Crippen molar-refractivity contribution in [3.05, 3.63) is 36.0 Å². The standard InChI is InChI=1S/C20H28N4O5/c1-10(2)16(19(27)24-17(11(3)25)20(28)29)23-18(26)14(21)8-12-9-22-15-7-5-4-6-13(12)15/h4-7,9-11,14,16-17,22,25H,8,21H2,1-3H3,(H,23,26)(H,24,27)(H,28,29)/t11-,14+,16+,17+/m1/s1. The highest BCUT2D eigenvalue weighted by atomic mass is 16.4. The minimum atomic E-state index is -1.47. The number of aromatic nitrogens is 1. The van der Waals surface area contributed by atoms with Gasteiger partial charge in [-0.3, -0.25) is 9.59 Å². The van der Waals surface area contributed by atoms with Crippen LogP contribution in [-0.2, 0) is 20.8 Å². The van der Waals surface area contributed by atoms with Crippen molar-refractivity contribution in [3.8, 4) is 0 Å². The minimum absolute atomic E-state index is 0.272. The fourth-order valence-corrected chi connectivity index (χ4v) is 3.06. The van der Waals surface area contributed by atoms with Crippen LogP contribution in [0.25, 0.3) is 10.9 Å². The number of carboxylic acid groups (broad SMARTS) is 1. The number of carboxylic acids is 1. The van der Waals surface area contributed by atoms with E-state index in [2.05, 4.69) is 15.6 Å². The van der Waals surface area contributed by atoms with Crippen LogP contribution in [0.1, 0.15) is 26.3 Å². The molecule has 158 valence electrons. The van der Waals surface area contributed by atoms with Crippen LogP contribution >= 0.6 is 0 Å². The fourth-order valence-electron chi connectivity index (χ4n) is 3.06. The van der Waals surface area contributed by atoms with Crippen molar-refractivity contribution in [2.45, 2.75) is 51.4 Å². The molecule has 0 bridgehead atoms. The summed E-state index contributed by atoms with van der Waals surface area (Å²) in [7, 11) is 0. The number of aromatic amines is 1. The average Bonchev–Trinajstić information content (AvgIpc) is 3.05. The number of aliphatic hydroxyl groups excluding tert-OH is 1. The van der Waals surface area contributed by atoms with Crippen molar-refractivity contribution >= 4 is 28.7 Å². The third-order valence-electron chi connectivity index (χ3n) is 4.74. The second-order valence-electron chi connectivity index (χ2n) is 7.47. The van der Waals surface area contributed by atoms with E-state index in [4.69, 9.17) is 10.8 Å². The molecule has 0 aliphatic heterocycles. The van der Waals surface area contributed by atoms with Gasteiger partial charge in [-0.25, -0.2) is 4.79 Å². The van der Waals surface area contributed by atoms with Gasteiger partial charge in [0.25, 0.3) is 0 Å². The van der Waals surface area contributed by atoms with Crippen LogP contribution in [0.5, 0.6) is 0 Å². The first-order valence-corrected chi connectivity index (χ1v) is 9.44. The van der Waals surface area contributed by atoms with Gasteiger partial charge in [0.2, 0.25) is 11.8 Å². The molecule has 1 aromatic carbocycles. The maximum Gasteiger partial charge on any atom is 0.328 e. The van der Waals surface area contributed by atoms with Crippen molar-refractivity contribution in [1.29, 1.82) is 0 Å². The Labute approximate surface area is 168 Å². The van der Waals surface area contributed by atoms with E-state index in [1.807, 2.05) is 24.3 Å². The van der Waals surface area contributed by atoms with Gasteiger partial charge in [-0.2, -0.15) is 0 Å². The summed E-state index contributed by atoms with van der Waals surface area (Å²) in [6.45, 7) is 4.70. The minimum Gasteiger partial charge on any atom is -0.480 e. The number of benzene rings is 1. The van der Waals surface area contributed by atoms with E-state index in [0.29, 0.717) is 0 Å². The number of hydrogen-bond acceptors (Lipinski definition) is 5. The number of rotatable bonds is 9. The topological polar surface area (TPSA) is 158 Å². The molecule has 2 aromatic rings. The molecule has 9 heteroatoms. The number of H-pyrrole nitrogens is 1. The molecule has 0 spiro atoms. The molecule has 0 radical (unpaired) electrons. The number of fused-ring (bicyclic) bond motifs is 1. The molecule has 0 aliphatic rings. The van der Waals surface area contributed by atoms with Crippen LogP contribution in [0.3, 0.4) is 0 Å². The predicted octanol–water partition coefficient (Wildman–Crippen LogP) is 0.129. The highest BCUT2D eigenvalue weighted by molar-refractivity contribution is 5.92. The van der Waals surface area contributed by atoms with Gasteiger partial charge in [-0.1, -0.05) is 32.0 Å². The average molecular weight is 404 g/mol. The number of aliphatic hydroxyl groups is 1. The molecule has 2 rings (SSSR count). The van der Waals surface area contributed by atoms with Crippen LogP contribution in [0.2, 0.25) is 0 Å². The molecule has 1 aromatic heterocycles. The van der Waals surface area contributed by atoms with E-state index < -0.39 is 42.0 Å². The lowest BCUT2D eigenvalue weighted by molar-refractivity contribution is -0.145. The van der Waals surface area contributed by atoms with Crippen LogP contribution in [0, 0.1) is 5.92 Å². The first-order valence-electron chi connectivity index (χ1n) is 9.44. The normalized spacial score (nSPS) is 15.5. The Bertz CT molecular complexity index is 877. The summed E-state index contributed by atoms with van der Waals surface area (Å²) in [5, 5.41) is 24.5. The molecule has 1 heterocycles. The Morgan fingerprint density at radius 3 is 2.28 bits per heavy atom. The van der Waals surface area contributed by atoms with Gasteiger partial charge in [0.05, 0.1) is 12.1 Å². The maximum absolute atomic E-state index is 12.6. The predicted molar refractivity (Wildman–Crippen MR) is 108 cm³/mol. The van der Waals surface area contributed by atoms with Crippen LogP contribution in [0.15, 0.2) is 30.5 Å². The lowest BCUT2D eigenvalue weighted by Gasteiger charge is -2.26. The molecule has 0 saturated carbocycles. The van der Waals surface area contributed by atoms with Gasteiger partial charge in [-0.05, 0) is 30.9 Å². The quantitative estimate of drug-likeness (QED) is 0.349. The van der Waals surface area contributed by atoms with Crippen LogP contribution < -0.4 is 16.4 Å². The maximum atomic E-state index is 12.6. The number of carbonyl (C=O) groups excluding carboxylic acids is 2. The van der Waals surface area contributed by atoms with Crippen LogP contribution in [0.4, 0.5) is 0 Å². The molecule has 4 atom stereocenters. The Morgan fingerprint density at radius 2 is 1.69 bits per heavy atom. The third kappa shape index (κ3) is 5.55. The Kier molecular flexibility index (Phi) is 7.35. The molecule has 29 heavy (non-hydrogen) atoms. The number of amides is 2. The second-order valence-corrected chi connectivity index (χ2v) is 7.47. The number of nitrogens with one attached hydrogen (secondary N) is 3. The summed E-state index contributed by atoms with van der Waals surface area (Å²) >= 11 is 0. The summed E-state index contributed by atoms with van der Waals surface area (Å²) in [5.41, 5.74) is 7.87. The molecular formula is C20H28N4O5. The lowest BCUT2D eigenvalue weighted by Crippen LogP contribution is -2.58. The molecule has 7 N–H and O–H groups in total. The summed E-state index contributed by atoms with van der Waals surface area (Å²) in [6.07, 6.45) is 0.780. The fraction of sp³-hybridized carbons (Fsp3) is 0.450. The molecule has 0 saturated heterocycles. The number of carbonyl (C=O) groups is 3. The van der Waals surface area contributed by atoms with Crippen molar-refractivity contribution in [3.63, 3.8) is 0 Å². The summed E-state index contributed by atoms with van der Waals surface area (Å²) in [5.74, 6) is -2.89. The van der Waals surface area contributed by atoms with Gasteiger partial charge in [-0.15, -0.1) is 0 Å². The van der Waals surface area contributed by atoms with E-state index >= 15 is 0 Å². The number of para-hydroxylation sites is 1. The highest BCUT2D eigenvalue weighted by Gasteiger charge is 2.32. The smallest absolute Gasteiger partial charge is 0.328 e. The third-order valence-corrected chi connectivity index (χ3v) is 4.74. The van der Waals surface area contributed by atoms with Crippen LogP contribution in [-0.4, -0.2) is 57.2 Å². The van der Waals surface area contributed by atoms with Crippen molar-refractivity contribution in [2.24, 2.45) is 11.7 Å². The van der Waals surface area contributed by atoms with Gasteiger partial charge in [0.1, 0.15) is 6.04 Å². The van der Waals surface area contributed by atoms with Crippen molar-refractivity contribution < 1.29 is 24.6 Å². The molecular weight excluding hydrogens is 376 g/mol. The molecule has 2 amide bonds. The number of hydrogen-bond donors (Lipinski definition) is 6. The zero-order valence-electron chi connectivity index (χ0n) is 16.7. The van der Waals surface area contributed by atoms with E-state index in [0.717, 1.165) is 16.5 Å². The zero-order valence-corrected chi connectivity index (χ0v) is 16.7. The lowest BCUT2D eigenvalue weighted by atomic mass is 10.0. The Morgan fingerprint density at radius 1 is 1.07 bits per heavy atom. The molecule has 0 aliphatic carbocycles. The van der Waals surface area contributed by atoms with Crippen molar-refractivity contribution in [1.82, 2.24) is 15.6 Å². The number of aliphatic carboxylic acids is 1. The van der Waals surface area contributed by atoms with E-state index in [-0.39, 0.29) is 12.3 Å². The molecule has 0 fully saturated rings.